The van der Waals surface area contributed by atoms with Gasteiger partial charge in [-0.25, -0.2) is 0 Å². The average Bonchev–Trinajstić information content (AvgIpc) is 2.64. The van der Waals surface area contributed by atoms with Crippen molar-refractivity contribution in [1.82, 2.24) is 15.2 Å². The molecule has 0 aliphatic heterocycles. The number of aromatic nitrogens is 3. The van der Waals surface area contributed by atoms with E-state index in [1.807, 2.05) is 38.1 Å². The predicted molar refractivity (Wildman–Crippen MR) is 65.0 cm³/mol. The molecule has 2 N–H and O–H groups in total. The topological polar surface area (TPSA) is 53.7 Å². The van der Waals surface area contributed by atoms with Gasteiger partial charge in [-0.2, -0.15) is 4.98 Å². The fourth-order valence-electron chi connectivity index (χ4n) is 1.40. The lowest BCUT2D eigenvalue weighted by molar-refractivity contribution is 0.242. The monoisotopic (exact) mass is 235 g/mol. The van der Waals surface area contributed by atoms with Crippen LogP contribution in [0.2, 0.25) is 0 Å². The second kappa shape index (κ2) is 4.49. The third-order valence-electron chi connectivity index (χ3n) is 1.98. The number of H-pyrrole nitrogens is 2. The first-order valence-corrected chi connectivity index (χ1v) is 5.48. The van der Waals surface area contributed by atoms with Gasteiger partial charge in [-0.15, -0.1) is 0 Å². The van der Waals surface area contributed by atoms with E-state index in [9.17, 15) is 0 Å². The van der Waals surface area contributed by atoms with Gasteiger partial charge < -0.3 is 4.74 Å². The maximum Gasteiger partial charge on any atom is 0.213 e. The molecule has 0 amide bonds. The van der Waals surface area contributed by atoms with Gasteiger partial charge in [0.05, 0.1) is 6.10 Å². The second-order valence-electron chi connectivity index (χ2n) is 3.71. The normalized spacial score (nSPS) is 10.7. The van der Waals surface area contributed by atoms with E-state index in [1.165, 1.54) is 0 Å². The van der Waals surface area contributed by atoms with Gasteiger partial charge in [0.1, 0.15) is 5.75 Å². The Labute approximate surface area is 98.7 Å². The number of hydrogen-bond acceptors (Lipinski definition) is 3. The molecule has 0 atom stereocenters. The first kappa shape index (κ1) is 10.9. The molecule has 0 fully saturated rings. The molecule has 1 aromatic carbocycles. The third kappa shape index (κ3) is 2.49. The molecule has 0 bridgehead atoms. The molecule has 16 heavy (non-hydrogen) atoms. The number of ether oxygens (including phenoxy) is 1. The molecule has 0 aliphatic rings. The van der Waals surface area contributed by atoms with Crippen molar-refractivity contribution in [2.24, 2.45) is 0 Å². The summed E-state index contributed by atoms with van der Waals surface area (Å²) in [6, 6.07) is 7.74. The van der Waals surface area contributed by atoms with Crippen molar-refractivity contribution >= 4 is 12.2 Å². The molecular formula is C11H13N3OS. The highest BCUT2D eigenvalue weighted by Crippen LogP contribution is 2.21. The molecule has 0 spiro atoms. The van der Waals surface area contributed by atoms with Crippen LogP contribution in [0.4, 0.5) is 0 Å². The SMILES string of the molecule is CC(C)Oc1cccc(-c2nc(=S)[nH][nH]2)c1. The number of nitrogens with zero attached hydrogens (tertiary/aromatic N) is 1. The average molecular weight is 235 g/mol. The van der Waals surface area contributed by atoms with Gasteiger partial charge in [0.2, 0.25) is 4.77 Å². The van der Waals surface area contributed by atoms with E-state index in [4.69, 9.17) is 17.0 Å². The Morgan fingerprint density at radius 2 is 2.12 bits per heavy atom. The summed E-state index contributed by atoms with van der Waals surface area (Å²) in [7, 11) is 0. The van der Waals surface area contributed by atoms with Crippen molar-refractivity contribution in [2.45, 2.75) is 20.0 Å². The Hall–Kier alpha value is -1.62. The van der Waals surface area contributed by atoms with Crippen molar-refractivity contribution in [3.05, 3.63) is 29.0 Å². The van der Waals surface area contributed by atoms with Gasteiger partial charge in [0.25, 0.3) is 0 Å². The van der Waals surface area contributed by atoms with E-state index in [-0.39, 0.29) is 6.10 Å². The van der Waals surface area contributed by atoms with Crippen LogP contribution >= 0.6 is 12.2 Å². The zero-order valence-corrected chi connectivity index (χ0v) is 9.97. The summed E-state index contributed by atoms with van der Waals surface area (Å²) in [6.07, 6.45) is 0.160. The van der Waals surface area contributed by atoms with Crippen molar-refractivity contribution < 1.29 is 4.74 Å². The van der Waals surface area contributed by atoms with Gasteiger partial charge in [-0.05, 0) is 38.2 Å². The number of aromatic amines is 2. The summed E-state index contributed by atoms with van der Waals surface area (Å²) >= 11 is 4.91. The highest BCUT2D eigenvalue weighted by atomic mass is 32.1. The molecule has 0 radical (unpaired) electrons. The van der Waals surface area contributed by atoms with E-state index in [0.29, 0.717) is 4.77 Å². The number of benzene rings is 1. The van der Waals surface area contributed by atoms with Gasteiger partial charge >= 0.3 is 0 Å². The smallest absolute Gasteiger partial charge is 0.213 e. The Bertz CT molecular complexity index is 530. The van der Waals surface area contributed by atoms with Gasteiger partial charge in [-0.3, -0.25) is 10.2 Å². The highest BCUT2D eigenvalue weighted by Gasteiger charge is 2.03. The lowest BCUT2D eigenvalue weighted by atomic mass is 10.2. The quantitative estimate of drug-likeness (QED) is 0.804. The Balaban J connectivity index is 2.32. The molecule has 5 heteroatoms. The lowest BCUT2D eigenvalue weighted by Gasteiger charge is -2.09. The van der Waals surface area contributed by atoms with E-state index in [2.05, 4.69) is 15.2 Å². The van der Waals surface area contributed by atoms with Crippen LogP contribution in [0.1, 0.15) is 13.8 Å². The van der Waals surface area contributed by atoms with Crippen LogP contribution in [0.25, 0.3) is 11.4 Å². The summed E-state index contributed by atoms with van der Waals surface area (Å²) in [5, 5.41) is 5.67. The molecule has 84 valence electrons. The summed E-state index contributed by atoms with van der Waals surface area (Å²) < 4.78 is 6.05. The molecule has 0 saturated heterocycles. The third-order valence-corrected chi connectivity index (χ3v) is 2.17. The molecular weight excluding hydrogens is 222 g/mol. The Kier molecular flexibility index (Phi) is 3.05. The van der Waals surface area contributed by atoms with Crippen LogP contribution in [-0.2, 0) is 0 Å². The zero-order chi connectivity index (χ0) is 11.5. The highest BCUT2D eigenvalue weighted by molar-refractivity contribution is 7.71. The van der Waals surface area contributed by atoms with Crippen molar-refractivity contribution in [2.75, 3.05) is 0 Å². The van der Waals surface area contributed by atoms with Crippen molar-refractivity contribution in [3.63, 3.8) is 0 Å². The van der Waals surface area contributed by atoms with Gasteiger partial charge in [0.15, 0.2) is 5.82 Å². The van der Waals surface area contributed by atoms with Crippen molar-refractivity contribution in [1.29, 1.82) is 0 Å². The fourth-order valence-corrected chi connectivity index (χ4v) is 1.54. The van der Waals surface area contributed by atoms with E-state index >= 15 is 0 Å². The number of hydrogen-bond donors (Lipinski definition) is 2. The Morgan fingerprint density at radius 3 is 2.75 bits per heavy atom. The molecule has 0 aliphatic carbocycles. The summed E-state index contributed by atoms with van der Waals surface area (Å²) in [5.41, 5.74) is 0.950. The maximum atomic E-state index is 5.61. The minimum Gasteiger partial charge on any atom is -0.491 e. The van der Waals surface area contributed by atoms with Crippen LogP contribution < -0.4 is 4.74 Å². The van der Waals surface area contributed by atoms with E-state index < -0.39 is 0 Å². The largest absolute Gasteiger partial charge is 0.491 e. The lowest BCUT2D eigenvalue weighted by Crippen LogP contribution is -2.05. The second-order valence-corrected chi connectivity index (χ2v) is 4.10. The van der Waals surface area contributed by atoms with E-state index in [1.54, 1.807) is 0 Å². The van der Waals surface area contributed by atoms with Gasteiger partial charge in [-0.1, -0.05) is 12.1 Å². The molecule has 0 unspecified atom stereocenters. The minimum atomic E-state index is 0.160. The molecule has 0 saturated carbocycles. The first-order chi connectivity index (χ1) is 7.65. The maximum absolute atomic E-state index is 5.61. The van der Waals surface area contributed by atoms with Crippen molar-refractivity contribution in [3.8, 4) is 17.1 Å². The van der Waals surface area contributed by atoms with Gasteiger partial charge in [0, 0.05) is 5.56 Å². The molecule has 1 heterocycles. The van der Waals surface area contributed by atoms with Crippen LogP contribution in [0.3, 0.4) is 0 Å². The van der Waals surface area contributed by atoms with Crippen LogP contribution in [0.5, 0.6) is 5.75 Å². The standard InChI is InChI=1S/C11H13N3OS/c1-7(2)15-9-5-3-4-8(6-9)10-12-11(16)14-13-10/h3-7H,1-2H3,(H2,12,13,14,16). The molecule has 2 aromatic rings. The molecule has 1 aromatic heterocycles. The zero-order valence-electron chi connectivity index (χ0n) is 9.15. The van der Waals surface area contributed by atoms with Crippen LogP contribution in [-0.4, -0.2) is 21.3 Å². The Morgan fingerprint density at radius 1 is 1.31 bits per heavy atom. The fraction of sp³-hybridized carbons (Fsp3) is 0.273. The minimum absolute atomic E-state index is 0.160. The van der Waals surface area contributed by atoms with E-state index in [0.717, 1.165) is 17.1 Å². The van der Waals surface area contributed by atoms with Crippen LogP contribution in [0, 0.1) is 4.77 Å². The molecule has 2 rings (SSSR count). The van der Waals surface area contributed by atoms with Crippen LogP contribution in [0.15, 0.2) is 24.3 Å². The predicted octanol–water partition coefficient (Wildman–Crippen LogP) is 2.92. The summed E-state index contributed by atoms with van der Waals surface area (Å²) in [4.78, 5) is 4.15. The first-order valence-electron chi connectivity index (χ1n) is 5.07. The summed E-state index contributed by atoms with van der Waals surface area (Å²) in [6.45, 7) is 3.99. The molecule has 4 nitrogen and oxygen atoms in total. The number of rotatable bonds is 3. The summed E-state index contributed by atoms with van der Waals surface area (Å²) in [5.74, 6) is 1.55. The number of nitrogens with one attached hydrogen (secondary N) is 2.